The zero-order valence-corrected chi connectivity index (χ0v) is 14.9. The van der Waals surface area contributed by atoms with Crippen molar-refractivity contribution in [1.82, 2.24) is 9.88 Å². The quantitative estimate of drug-likeness (QED) is 0.844. The third-order valence-corrected chi connectivity index (χ3v) is 5.13. The summed E-state index contributed by atoms with van der Waals surface area (Å²) in [5.41, 5.74) is 3.31. The first-order valence-electron chi connectivity index (χ1n) is 9.19. The number of rotatable bonds is 6. The van der Waals surface area contributed by atoms with Crippen LogP contribution in [0.25, 0.3) is 10.9 Å². The smallest absolute Gasteiger partial charge is 0.326 e. The van der Waals surface area contributed by atoms with E-state index < -0.39 is 12.0 Å². The van der Waals surface area contributed by atoms with E-state index in [1.54, 1.807) is 0 Å². The predicted octanol–water partition coefficient (Wildman–Crippen LogP) is 3.45. The highest BCUT2D eigenvalue weighted by Gasteiger charge is 2.30. The molecule has 25 heavy (non-hydrogen) atoms. The van der Waals surface area contributed by atoms with Gasteiger partial charge in [-0.15, -0.1) is 0 Å². The van der Waals surface area contributed by atoms with Crippen LogP contribution in [0.15, 0.2) is 24.3 Å². The molecule has 1 amide bonds. The number of nitrogens with one attached hydrogen (secondary N) is 1. The van der Waals surface area contributed by atoms with Crippen molar-refractivity contribution in [2.24, 2.45) is 0 Å². The molecule has 0 spiro atoms. The van der Waals surface area contributed by atoms with Crippen LogP contribution in [0, 0.1) is 0 Å². The van der Waals surface area contributed by atoms with Crippen molar-refractivity contribution in [3.63, 3.8) is 0 Å². The van der Waals surface area contributed by atoms with Crippen LogP contribution in [0.2, 0.25) is 0 Å². The first-order chi connectivity index (χ1) is 12.1. The van der Waals surface area contributed by atoms with Crippen LogP contribution in [0.5, 0.6) is 0 Å². The lowest BCUT2D eigenvalue weighted by atomic mass is 9.91. The predicted molar refractivity (Wildman–Crippen MR) is 97.8 cm³/mol. The molecule has 3 rings (SSSR count). The molecule has 1 aromatic carbocycles. The summed E-state index contributed by atoms with van der Waals surface area (Å²) in [7, 11) is 0. The molecule has 0 bridgehead atoms. The van der Waals surface area contributed by atoms with Crippen LogP contribution < -0.4 is 5.32 Å². The van der Waals surface area contributed by atoms with Crippen LogP contribution in [0.3, 0.4) is 0 Å². The second kappa shape index (κ2) is 7.30. The highest BCUT2D eigenvalue weighted by molar-refractivity contribution is 5.88. The SMILES string of the molecule is CCCC(=O)NC1CCc2c(c3ccccc3n2C(CC)C(=O)O)C1. The summed E-state index contributed by atoms with van der Waals surface area (Å²) in [5, 5.41) is 13.9. The maximum Gasteiger partial charge on any atom is 0.326 e. The summed E-state index contributed by atoms with van der Waals surface area (Å²) < 4.78 is 2.01. The second-order valence-electron chi connectivity index (χ2n) is 6.83. The van der Waals surface area contributed by atoms with E-state index >= 15 is 0 Å². The van der Waals surface area contributed by atoms with Gasteiger partial charge in [0.25, 0.3) is 0 Å². The van der Waals surface area contributed by atoms with E-state index in [1.807, 2.05) is 36.6 Å². The van der Waals surface area contributed by atoms with Crippen molar-refractivity contribution in [2.45, 2.75) is 64.5 Å². The van der Waals surface area contributed by atoms with Gasteiger partial charge in [0.15, 0.2) is 0 Å². The number of carbonyl (C=O) groups is 2. The fourth-order valence-corrected chi connectivity index (χ4v) is 4.02. The standard InChI is InChI=1S/C20H26N2O3/c1-3-7-19(23)21-13-10-11-18-15(12-13)14-8-5-6-9-17(14)22(18)16(4-2)20(24)25/h5-6,8-9,13,16H,3-4,7,10-12H2,1-2H3,(H,21,23)(H,24,25). The van der Waals surface area contributed by atoms with Crippen molar-refractivity contribution in [2.75, 3.05) is 0 Å². The average Bonchev–Trinajstić information content (AvgIpc) is 2.90. The number of hydrogen-bond donors (Lipinski definition) is 2. The largest absolute Gasteiger partial charge is 0.480 e. The zero-order chi connectivity index (χ0) is 18.0. The van der Waals surface area contributed by atoms with Gasteiger partial charge in [0.1, 0.15) is 6.04 Å². The highest BCUT2D eigenvalue weighted by Crippen LogP contribution is 2.35. The van der Waals surface area contributed by atoms with Crippen molar-refractivity contribution in [3.05, 3.63) is 35.5 Å². The summed E-state index contributed by atoms with van der Waals surface area (Å²) in [5.74, 6) is -0.680. The molecule has 2 aromatic rings. The Bertz CT molecular complexity index is 794. The van der Waals surface area contributed by atoms with Crippen LogP contribution in [0.1, 0.15) is 56.8 Å². The van der Waals surface area contributed by atoms with Gasteiger partial charge in [-0.2, -0.15) is 0 Å². The minimum absolute atomic E-state index is 0.108. The normalized spacial score (nSPS) is 17.9. The summed E-state index contributed by atoms with van der Waals surface area (Å²) >= 11 is 0. The molecule has 1 heterocycles. The van der Waals surface area contributed by atoms with Gasteiger partial charge in [-0.25, -0.2) is 4.79 Å². The van der Waals surface area contributed by atoms with Gasteiger partial charge in [0.05, 0.1) is 0 Å². The van der Waals surface area contributed by atoms with Crippen molar-refractivity contribution in [3.8, 4) is 0 Å². The molecular weight excluding hydrogens is 316 g/mol. The fourth-order valence-electron chi connectivity index (χ4n) is 4.02. The number of carbonyl (C=O) groups excluding carboxylic acids is 1. The molecular formula is C20H26N2O3. The molecule has 0 fully saturated rings. The van der Waals surface area contributed by atoms with Gasteiger partial charge in [0.2, 0.25) is 5.91 Å². The summed E-state index contributed by atoms with van der Waals surface area (Å²) in [6, 6.07) is 7.61. The number of carboxylic acid groups (broad SMARTS) is 1. The van der Waals surface area contributed by atoms with Crippen LogP contribution >= 0.6 is 0 Å². The molecule has 0 saturated carbocycles. The lowest BCUT2D eigenvalue weighted by molar-refractivity contribution is -0.141. The van der Waals surface area contributed by atoms with Gasteiger partial charge in [-0.3, -0.25) is 4.79 Å². The maximum atomic E-state index is 11.9. The maximum absolute atomic E-state index is 11.9. The number of nitrogens with zero attached hydrogens (tertiary/aromatic N) is 1. The Morgan fingerprint density at radius 2 is 2.08 bits per heavy atom. The van der Waals surface area contributed by atoms with E-state index in [-0.39, 0.29) is 11.9 Å². The van der Waals surface area contributed by atoms with Gasteiger partial charge in [0, 0.05) is 29.1 Å². The van der Waals surface area contributed by atoms with Crippen LogP contribution in [-0.2, 0) is 22.4 Å². The molecule has 1 aliphatic carbocycles. The van der Waals surface area contributed by atoms with E-state index in [4.69, 9.17) is 0 Å². The van der Waals surface area contributed by atoms with Crippen molar-refractivity contribution in [1.29, 1.82) is 0 Å². The Morgan fingerprint density at radius 3 is 2.76 bits per heavy atom. The number of hydrogen-bond acceptors (Lipinski definition) is 2. The highest BCUT2D eigenvalue weighted by atomic mass is 16.4. The second-order valence-corrected chi connectivity index (χ2v) is 6.83. The van der Waals surface area contributed by atoms with E-state index in [0.717, 1.165) is 42.3 Å². The molecule has 5 nitrogen and oxygen atoms in total. The monoisotopic (exact) mass is 342 g/mol. The Kier molecular flexibility index (Phi) is 5.11. The topological polar surface area (TPSA) is 71.3 Å². The number of amides is 1. The van der Waals surface area contributed by atoms with Crippen molar-refractivity contribution >= 4 is 22.8 Å². The van der Waals surface area contributed by atoms with E-state index in [2.05, 4.69) is 11.4 Å². The number of benzene rings is 1. The first-order valence-corrected chi connectivity index (χ1v) is 9.19. The van der Waals surface area contributed by atoms with Gasteiger partial charge < -0.3 is 15.0 Å². The Morgan fingerprint density at radius 1 is 1.32 bits per heavy atom. The molecule has 0 aliphatic heterocycles. The fraction of sp³-hybridized carbons (Fsp3) is 0.500. The zero-order valence-electron chi connectivity index (χ0n) is 14.9. The molecule has 2 atom stereocenters. The molecule has 2 unspecified atom stereocenters. The van der Waals surface area contributed by atoms with Gasteiger partial charge in [-0.1, -0.05) is 32.0 Å². The number of carboxylic acids is 1. The molecule has 0 saturated heterocycles. The molecule has 134 valence electrons. The number of fused-ring (bicyclic) bond motifs is 3. The lowest BCUT2D eigenvalue weighted by Gasteiger charge is -2.26. The molecule has 1 aliphatic rings. The first kappa shape index (κ1) is 17.5. The summed E-state index contributed by atoms with van der Waals surface area (Å²) in [6.45, 7) is 3.92. The Balaban J connectivity index is 2.00. The van der Waals surface area contributed by atoms with Crippen LogP contribution in [-0.4, -0.2) is 27.6 Å². The Hall–Kier alpha value is -2.30. The van der Waals surface area contributed by atoms with Crippen molar-refractivity contribution < 1.29 is 14.7 Å². The van der Waals surface area contributed by atoms with Crippen LogP contribution in [0.4, 0.5) is 0 Å². The lowest BCUT2D eigenvalue weighted by Crippen LogP contribution is -2.39. The molecule has 0 radical (unpaired) electrons. The summed E-state index contributed by atoms with van der Waals surface area (Å²) in [4.78, 5) is 23.7. The average molecular weight is 342 g/mol. The van der Waals surface area contributed by atoms with Gasteiger partial charge in [-0.05, 0) is 43.7 Å². The van der Waals surface area contributed by atoms with E-state index in [9.17, 15) is 14.7 Å². The number of aliphatic carboxylic acids is 1. The Labute approximate surface area is 148 Å². The van der Waals surface area contributed by atoms with E-state index in [1.165, 1.54) is 5.56 Å². The number of aromatic nitrogens is 1. The van der Waals surface area contributed by atoms with E-state index in [0.29, 0.717) is 12.8 Å². The number of para-hydroxylation sites is 1. The van der Waals surface area contributed by atoms with Gasteiger partial charge >= 0.3 is 5.97 Å². The molecule has 5 heteroatoms. The minimum atomic E-state index is -0.788. The minimum Gasteiger partial charge on any atom is -0.480 e. The summed E-state index contributed by atoms with van der Waals surface area (Å²) in [6.07, 6.45) is 4.38. The molecule has 1 aromatic heterocycles. The third kappa shape index (κ3) is 3.28. The molecule has 2 N–H and O–H groups in total. The third-order valence-electron chi connectivity index (χ3n) is 5.13.